The van der Waals surface area contributed by atoms with E-state index in [9.17, 15) is 19.2 Å². The first-order valence-electron chi connectivity index (χ1n) is 29.0. The third-order valence-electron chi connectivity index (χ3n) is 13.5. The number of esters is 4. The van der Waals surface area contributed by atoms with Gasteiger partial charge in [0.15, 0.2) is 0 Å². The van der Waals surface area contributed by atoms with Gasteiger partial charge < -0.3 is 28.4 Å². The van der Waals surface area contributed by atoms with Crippen LogP contribution in [0.15, 0.2) is 121 Å². The Balaban J connectivity index is 0.924. The van der Waals surface area contributed by atoms with E-state index < -0.39 is 23.9 Å². The third-order valence-corrected chi connectivity index (χ3v) is 13.5. The Bertz CT molecular complexity index is 2210. The van der Waals surface area contributed by atoms with Crippen molar-refractivity contribution < 1.29 is 47.6 Å². The summed E-state index contributed by atoms with van der Waals surface area (Å²) in [5.41, 5.74) is 0.924. The Kier molecular flexibility index (Phi) is 29.7. The third kappa shape index (κ3) is 24.9. The van der Waals surface area contributed by atoms with Crippen molar-refractivity contribution >= 4 is 23.9 Å². The monoisotopic (exact) mass is 1040 g/mol. The molecule has 0 saturated carbocycles. The largest absolute Gasteiger partial charge is 0.494 e. The summed E-state index contributed by atoms with van der Waals surface area (Å²) in [6.45, 7) is 5.83. The van der Waals surface area contributed by atoms with Crippen LogP contribution in [0.3, 0.4) is 0 Å². The van der Waals surface area contributed by atoms with Crippen molar-refractivity contribution in [1.29, 1.82) is 0 Å². The van der Waals surface area contributed by atoms with Crippen molar-refractivity contribution in [1.82, 2.24) is 0 Å². The zero-order chi connectivity index (χ0) is 53.7. The van der Waals surface area contributed by atoms with Gasteiger partial charge in [-0.1, -0.05) is 187 Å². The molecule has 5 aromatic carbocycles. The van der Waals surface area contributed by atoms with Gasteiger partial charge in [-0.3, -0.25) is 0 Å². The molecule has 0 spiro atoms. The smallest absolute Gasteiger partial charge is 0.343 e. The lowest BCUT2D eigenvalue weighted by atomic mass is 10.0. The molecular formula is C66H86O10. The fourth-order valence-corrected chi connectivity index (χ4v) is 8.93. The van der Waals surface area contributed by atoms with Crippen LogP contribution in [0.1, 0.15) is 235 Å². The van der Waals surface area contributed by atoms with E-state index in [1.165, 1.54) is 209 Å². The van der Waals surface area contributed by atoms with Gasteiger partial charge in [0.2, 0.25) is 0 Å². The second-order valence-corrected chi connectivity index (χ2v) is 20.0. The predicted molar refractivity (Wildman–Crippen MR) is 304 cm³/mol. The van der Waals surface area contributed by atoms with Crippen molar-refractivity contribution in [2.45, 2.75) is 194 Å². The standard InChI is InChI=1S/C66H86O10/c1-3-5-7-9-11-13-15-17-19-21-23-25-27-29-50-71-57-42-46-59(47-43-57)73-63(67)53-34-38-55(39-35-53)65(69)75-61-32-31-33-62(52-61)76-66(70)56-40-36-54(37-41-56)64(68)74-60-48-44-58(45-49-60)72-51-30-28-26-24-22-20-18-16-14-12-10-8-6-4-2/h31-49,52H,3-30,50-51H2,1-2H3. The van der Waals surface area contributed by atoms with Gasteiger partial charge in [-0.05, 0) is 122 Å². The number of carbonyl (C=O) groups excluding carboxylic acids is 4. The molecule has 10 nitrogen and oxygen atoms in total. The van der Waals surface area contributed by atoms with E-state index in [4.69, 9.17) is 28.4 Å². The molecule has 5 rings (SSSR count). The van der Waals surface area contributed by atoms with Crippen LogP contribution in [-0.4, -0.2) is 37.1 Å². The van der Waals surface area contributed by atoms with Gasteiger partial charge in [-0.2, -0.15) is 0 Å². The molecule has 0 unspecified atom stereocenters. The van der Waals surface area contributed by atoms with Gasteiger partial charge in [0.05, 0.1) is 35.5 Å². The van der Waals surface area contributed by atoms with Crippen LogP contribution in [0.5, 0.6) is 34.5 Å². The predicted octanol–water partition coefficient (Wildman–Crippen LogP) is 18.3. The summed E-state index contributed by atoms with van der Waals surface area (Å²) in [7, 11) is 0. The zero-order valence-corrected chi connectivity index (χ0v) is 45.8. The molecule has 0 aliphatic rings. The molecule has 0 amide bonds. The maximum absolute atomic E-state index is 13.0. The average Bonchev–Trinajstić information content (AvgIpc) is 3.44. The van der Waals surface area contributed by atoms with E-state index in [0.717, 1.165) is 37.2 Å². The van der Waals surface area contributed by atoms with Crippen LogP contribution in [0.2, 0.25) is 0 Å². The van der Waals surface area contributed by atoms with E-state index in [0.29, 0.717) is 24.7 Å². The number of carbonyl (C=O) groups is 4. The normalized spacial score (nSPS) is 11.0. The van der Waals surface area contributed by atoms with E-state index in [1.54, 1.807) is 66.7 Å². The van der Waals surface area contributed by atoms with Crippen LogP contribution >= 0.6 is 0 Å². The molecule has 10 heteroatoms. The first-order chi connectivity index (χ1) is 37.3. The number of hydrogen-bond donors (Lipinski definition) is 0. The van der Waals surface area contributed by atoms with Crippen molar-refractivity contribution in [3.05, 3.63) is 144 Å². The Hall–Kier alpha value is -6.42. The Morgan fingerprint density at radius 1 is 0.263 bits per heavy atom. The van der Waals surface area contributed by atoms with Crippen LogP contribution in [-0.2, 0) is 0 Å². The van der Waals surface area contributed by atoms with E-state index in [1.807, 2.05) is 0 Å². The molecule has 0 radical (unpaired) electrons. The average molecular weight is 1040 g/mol. The molecule has 0 aromatic heterocycles. The van der Waals surface area contributed by atoms with Crippen molar-refractivity contribution in [3.8, 4) is 34.5 Å². The van der Waals surface area contributed by atoms with Crippen LogP contribution in [0.25, 0.3) is 0 Å². The second-order valence-electron chi connectivity index (χ2n) is 20.0. The quantitative estimate of drug-likeness (QED) is 0.0213. The molecule has 0 fully saturated rings. The lowest BCUT2D eigenvalue weighted by Crippen LogP contribution is -2.12. The van der Waals surface area contributed by atoms with Crippen LogP contribution < -0.4 is 28.4 Å². The summed E-state index contributed by atoms with van der Waals surface area (Å²) in [6, 6.07) is 31.9. The minimum absolute atomic E-state index is 0.147. The fraction of sp³-hybridized carbons (Fsp3) is 0.485. The number of rotatable bonds is 40. The van der Waals surface area contributed by atoms with Crippen molar-refractivity contribution in [2.75, 3.05) is 13.2 Å². The number of benzene rings is 5. The van der Waals surface area contributed by atoms with E-state index >= 15 is 0 Å². The maximum atomic E-state index is 13.0. The maximum Gasteiger partial charge on any atom is 0.343 e. The minimum Gasteiger partial charge on any atom is -0.494 e. The van der Waals surface area contributed by atoms with Gasteiger partial charge in [-0.25, -0.2) is 19.2 Å². The number of ether oxygens (including phenoxy) is 6. The summed E-state index contributed by atoms with van der Waals surface area (Å²) in [5, 5.41) is 0. The molecule has 0 saturated heterocycles. The van der Waals surface area contributed by atoms with Gasteiger partial charge in [0.1, 0.15) is 34.5 Å². The topological polar surface area (TPSA) is 124 Å². The lowest BCUT2D eigenvalue weighted by Gasteiger charge is -2.09. The highest BCUT2D eigenvalue weighted by atomic mass is 16.6. The minimum atomic E-state index is -0.671. The highest BCUT2D eigenvalue weighted by Crippen LogP contribution is 2.25. The highest BCUT2D eigenvalue weighted by Gasteiger charge is 2.16. The van der Waals surface area contributed by atoms with Gasteiger partial charge in [0, 0.05) is 6.07 Å². The van der Waals surface area contributed by atoms with Crippen molar-refractivity contribution in [3.63, 3.8) is 0 Å². The number of hydrogen-bond acceptors (Lipinski definition) is 10. The van der Waals surface area contributed by atoms with E-state index in [2.05, 4.69) is 13.8 Å². The molecule has 0 atom stereocenters. The zero-order valence-electron chi connectivity index (χ0n) is 45.8. The molecule has 410 valence electrons. The first kappa shape index (κ1) is 60.4. The summed E-state index contributed by atoms with van der Waals surface area (Å²) in [5.74, 6) is 0.00881. The Labute approximate surface area is 454 Å². The summed E-state index contributed by atoms with van der Waals surface area (Å²) >= 11 is 0. The number of unbranched alkanes of at least 4 members (excludes halogenated alkanes) is 26. The lowest BCUT2D eigenvalue weighted by molar-refractivity contribution is 0.0714. The molecule has 0 aliphatic heterocycles. The SMILES string of the molecule is CCCCCCCCCCCCCCCCOc1ccc(OC(=O)c2ccc(C(=O)Oc3cccc(OC(=O)c4ccc(C(=O)Oc5ccc(OCCCCCCCCCCCCCCCC)cc5)cc4)c3)cc2)cc1. The molecule has 0 aliphatic carbocycles. The fourth-order valence-electron chi connectivity index (χ4n) is 8.93. The van der Waals surface area contributed by atoms with Crippen molar-refractivity contribution in [2.24, 2.45) is 0 Å². The van der Waals surface area contributed by atoms with E-state index in [-0.39, 0.29) is 33.8 Å². The highest BCUT2D eigenvalue weighted by molar-refractivity contribution is 5.96. The Morgan fingerprint density at radius 2 is 0.487 bits per heavy atom. The van der Waals surface area contributed by atoms with Gasteiger partial charge in [0.25, 0.3) is 0 Å². The Morgan fingerprint density at radius 3 is 0.750 bits per heavy atom. The van der Waals surface area contributed by atoms with Crippen LogP contribution in [0.4, 0.5) is 0 Å². The second kappa shape index (κ2) is 37.3. The molecule has 0 bridgehead atoms. The van der Waals surface area contributed by atoms with Crippen LogP contribution in [0, 0.1) is 0 Å². The van der Waals surface area contributed by atoms with Gasteiger partial charge in [-0.15, -0.1) is 0 Å². The summed E-state index contributed by atoms with van der Waals surface area (Å²) < 4.78 is 34.0. The molecule has 76 heavy (non-hydrogen) atoms. The summed E-state index contributed by atoms with van der Waals surface area (Å²) in [6.07, 6.45) is 36.7. The molecule has 0 N–H and O–H groups in total. The first-order valence-corrected chi connectivity index (χ1v) is 29.0. The summed E-state index contributed by atoms with van der Waals surface area (Å²) in [4.78, 5) is 51.9. The molecular weight excluding hydrogens is 953 g/mol. The van der Waals surface area contributed by atoms with Gasteiger partial charge >= 0.3 is 23.9 Å². The molecule has 0 heterocycles. The molecule has 5 aromatic rings.